The van der Waals surface area contributed by atoms with Crippen LogP contribution in [-0.4, -0.2) is 53.7 Å². The van der Waals surface area contributed by atoms with Gasteiger partial charge in [0.1, 0.15) is 0 Å². The molecule has 2 N–H and O–H groups in total. The van der Waals surface area contributed by atoms with E-state index in [1.165, 1.54) is 0 Å². The molecule has 0 aliphatic carbocycles. The lowest BCUT2D eigenvalue weighted by molar-refractivity contribution is -0.138. The molecule has 0 radical (unpaired) electrons. The SMILES string of the molecule is CCOC1CCN(C(=O)NC(=O)CC(C)CC(=O)O)CC1. The molecular formula is C14H24N2O5. The normalized spacial score (nSPS) is 17.3. The summed E-state index contributed by atoms with van der Waals surface area (Å²) in [7, 11) is 0. The molecule has 1 heterocycles. The lowest BCUT2D eigenvalue weighted by atomic mass is 10.0. The number of carbonyl (C=O) groups excluding carboxylic acids is 2. The van der Waals surface area contributed by atoms with Gasteiger partial charge < -0.3 is 14.7 Å². The first kappa shape index (κ1) is 17.4. The van der Waals surface area contributed by atoms with E-state index >= 15 is 0 Å². The minimum Gasteiger partial charge on any atom is -0.481 e. The molecule has 1 fully saturated rings. The molecule has 21 heavy (non-hydrogen) atoms. The molecule has 0 aromatic rings. The molecule has 3 amide bonds. The summed E-state index contributed by atoms with van der Waals surface area (Å²) in [5.41, 5.74) is 0. The van der Waals surface area contributed by atoms with E-state index in [9.17, 15) is 14.4 Å². The number of imide groups is 1. The van der Waals surface area contributed by atoms with Crippen LogP contribution >= 0.6 is 0 Å². The standard InChI is InChI=1S/C14H24N2O5/c1-3-21-11-4-6-16(7-5-11)14(20)15-12(17)8-10(2)9-13(18)19/h10-11H,3-9H2,1-2H3,(H,18,19)(H,15,17,20). The molecule has 0 bridgehead atoms. The average Bonchev–Trinajstić information content (AvgIpc) is 2.38. The number of hydrogen-bond acceptors (Lipinski definition) is 4. The largest absolute Gasteiger partial charge is 0.481 e. The summed E-state index contributed by atoms with van der Waals surface area (Å²) in [5.74, 6) is -1.67. The van der Waals surface area contributed by atoms with Crippen molar-refractivity contribution in [1.82, 2.24) is 10.2 Å². The number of carbonyl (C=O) groups is 3. The highest BCUT2D eigenvalue weighted by Crippen LogP contribution is 2.14. The number of carboxylic acids is 1. The third-order valence-corrected chi connectivity index (χ3v) is 3.43. The van der Waals surface area contributed by atoms with E-state index in [0.717, 1.165) is 12.8 Å². The van der Waals surface area contributed by atoms with E-state index in [1.54, 1.807) is 11.8 Å². The Labute approximate surface area is 124 Å². The molecule has 1 aliphatic heterocycles. The number of amides is 3. The van der Waals surface area contributed by atoms with Gasteiger partial charge in [0.15, 0.2) is 0 Å². The molecule has 7 nitrogen and oxygen atoms in total. The fourth-order valence-electron chi connectivity index (χ4n) is 2.40. The van der Waals surface area contributed by atoms with Crippen LogP contribution < -0.4 is 5.32 Å². The Bertz CT molecular complexity index is 378. The van der Waals surface area contributed by atoms with E-state index in [1.807, 2.05) is 6.92 Å². The third-order valence-electron chi connectivity index (χ3n) is 3.43. The molecule has 1 atom stereocenters. The van der Waals surface area contributed by atoms with Gasteiger partial charge in [0, 0.05) is 32.5 Å². The fraction of sp³-hybridized carbons (Fsp3) is 0.786. The van der Waals surface area contributed by atoms with Gasteiger partial charge in [-0.15, -0.1) is 0 Å². The molecular weight excluding hydrogens is 276 g/mol. The molecule has 0 saturated carbocycles. The van der Waals surface area contributed by atoms with Crippen molar-refractivity contribution in [3.63, 3.8) is 0 Å². The molecule has 0 aromatic carbocycles. The van der Waals surface area contributed by atoms with Crippen LogP contribution in [0.25, 0.3) is 0 Å². The number of likely N-dealkylation sites (tertiary alicyclic amines) is 1. The highest BCUT2D eigenvalue weighted by molar-refractivity contribution is 5.94. The summed E-state index contributed by atoms with van der Waals surface area (Å²) < 4.78 is 5.50. The number of hydrogen-bond donors (Lipinski definition) is 2. The molecule has 0 spiro atoms. The summed E-state index contributed by atoms with van der Waals surface area (Å²) in [6, 6.07) is -0.405. The van der Waals surface area contributed by atoms with Crippen molar-refractivity contribution in [2.24, 2.45) is 5.92 Å². The van der Waals surface area contributed by atoms with Crippen molar-refractivity contribution in [1.29, 1.82) is 0 Å². The number of urea groups is 1. The second-order valence-corrected chi connectivity index (χ2v) is 5.40. The number of nitrogens with one attached hydrogen (secondary N) is 1. The molecule has 1 saturated heterocycles. The number of ether oxygens (including phenoxy) is 1. The Kier molecular flexibility index (Phi) is 7.14. The third kappa shape index (κ3) is 6.57. The van der Waals surface area contributed by atoms with Gasteiger partial charge in [-0.05, 0) is 25.7 Å². The van der Waals surface area contributed by atoms with E-state index < -0.39 is 17.9 Å². The quantitative estimate of drug-likeness (QED) is 0.769. The van der Waals surface area contributed by atoms with E-state index in [4.69, 9.17) is 9.84 Å². The maximum absolute atomic E-state index is 11.9. The topological polar surface area (TPSA) is 95.9 Å². The van der Waals surface area contributed by atoms with Crippen LogP contribution in [0.3, 0.4) is 0 Å². The molecule has 1 aliphatic rings. The van der Waals surface area contributed by atoms with Gasteiger partial charge in [0.2, 0.25) is 5.91 Å². The molecule has 0 aromatic heterocycles. The van der Waals surface area contributed by atoms with Gasteiger partial charge in [-0.1, -0.05) is 6.92 Å². The van der Waals surface area contributed by atoms with Crippen LogP contribution in [0.4, 0.5) is 4.79 Å². The van der Waals surface area contributed by atoms with Crippen LogP contribution in [0.5, 0.6) is 0 Å². The van der Waals surface area contributed by atoms with Crippen molar-refractivity contribution in [2.45, 2.75) is 45.6 Å². The molecule has 120 valence electrons. The van der Waals surface area contributed by atoms with Crippen molar-refractivity contribution < 1.29 is 24.2 Å². The van der Waals surface area contributed by atoms with Crippen molar-refractivity contribution in [3.05, 3.63) is 0 Å². The minimum absolute atomic E-state index is 0.0352. The Morgan fingerprint density at radius 1 is 1.29 bits per heavy atom. The maximum atomic E-state index is 11.9. The van der Waals surface area contributed by atoms with Crippen LogP contribution in [0.15, 0.2) is 0 Å². The van der Waals surface area contributed by atoms with Crippen LogP contribution in [0, 0.1) is 5.92 Å². The first-order valence-corrected chi connectivity index (χ1v) is 7.34. The Morgan fingerprint density at radius 2 is 1.90 bits per heavy atom. The highest BCUT2D eigenvalue weighted by Gasteiger charge is 2.24. The summed E-state index contributed by atoms with van der Waals surface area (Å²) in [5, 5.41) is 10.9. The Hall–Kier alpha value is -1.63. The predicted molar refractivity (Wildman–Crippen MR) is 75.8 cm³/mol. The average molecular weight is 300 g/mol. The summed E-state index contributed by atoms with van der Waals surface area (Å²) in [6.07, 6.45) is 1.68. The zero-order valence-electron chi connectivity index (χ0n) is 12.6. The number of piperidine rings is 1. The van der Waals surface area contributed by atoms with E-state index in [-0.39, 0.29) is 24.9 Å². The predicted octanol–water partition coefficient (Wildman–Crippen LogP) is 1.22. The van der Waals surface area contributed by atoms with Crippen LogP contribution in [0.1, 0.15) is 39.5 Å². The Balaban J connectivity index is 2.30. The van der Waals surface area contributed by atoms with Gasteiger partial charge in [-0.3, -0.25) is 14.9 Å². The number of aliphatic carboxylic acids is 1. The molecule has 1 rings (SSSR count). The smallest absolute Gasteiger partial charge is 0.324 e. The van der Waals surface area contributed by atoms with Gasteiger partial charge in [0.05, 0.1) is 6.10 Å². The van der Waals surface area contributed by atoms with Crippen LogP contribution in [0.2, 0.25) is 0 Å². The monoisotopic (exact) mass is 300 g/mol. The first-order valence-electron chi connectivity index (χ1n) is 7.34. The number of rotatable bonds is 6. The second kappa shape index (κ2) is 8.61. The lowest BCUT2D eigenvalue weighted by Gasteiger charge is -2.31. The number of nitrogens with zero attached hydrogens (tertiary/aromatic N) is 1. The van der Waals surface area contributed by atoms with Gasteiger partial charge >= 0.3 is 12.0 Å². The Morgan fingerprint density at radius 3 is 2.43 bits per heavy atom. The lowest BCUT2D eigenvalue weighted by Crippen LogP contribution is -2.47. The van der Waals surface area contributed by atoms with E-state index in [2.05, 4.69) is 5.32 Å². The number of carboxylic acid groups (broad SMARTS) is 1. The minimum atomic E-state index is -0.945. The first-order chi connectivity index (χ1) is 9.92. The highest BCUT2D eigenvalue weighted by atomic mass is 16.5. The van der Waals surface area contributed by atoms with Crippen molar-refractivity contribution in [2.75, 3.05) is 19.7 Å². The van der Waals surface area contributed by atoms with Gasteiger partial charge in [0.25, 0.3) is 0 Å². The van der Waals surface area contributed by atoms with Gasteiger partial charge in [-0.25, -0.2) is 4.79 Å². The fourth-order valence-corrected chi connectivity index (χ4v) is 2.40. The van der Waals surface area contributed by atoms with E-state index in [0.29, 0.717) is 19.7 Å². The summed E-state index contributed by atoms with van der Waals surface area (Å²) in [6.45, 7) is 5.40. The van der Waals surface area contributed by atoms with Crippen LogP contribution in [-0.2, 0) is 14.3 Å². The zero-order valence-corrected chi connectivity index (χ0v) is 12.6. The van der Waals surface area contributed by atoms with Gasteiger partial charge in [-0.2, -0.15) is 0 Å². The van der Waals surface area contributed by atoms with Crippen molar-refractivity contribution >= 4 is 17.9 Å². The zero-order chi connectivity index (χ0) is 15.8. The summed E-state index contributed by atoms with van der Waals surface area (Å²) >= 11 is 0. The summed E-state index contributed by atoms with van der Waals surface area (Å²) in [4.78, 5) is 35.7. The molecule has 7 heteroatoms. The van der Waals surface area contributed by atoms with Crippen molar-refractivity contribution in [3.8, 4) is 0 Å². The maximum Gasteiger partial charge on any atom is 0.324 e. The second-order valence-electron chi connectivity index (χ2n) is 5.40. The molecule has 1 unspecified atom stereocenters.